The molecule has 0 saturated carbocycles. The van der Waals surface area contributed by atoms with Gasteiger partial charge in [-0.1, -0.05) is 19.9 Å². The van der Waals surface area contributed by atoms with E-state index in [1.54, 1.807) is 7.11 Å². The van der Waals surface area contributed by atoms with Crippen LogP contribution in [-0.4, -0.2) is 50.8 Å². The molecule has 1 saturated heterocycles. The molecule has 5 rings (SSSR count). The van der Waals surface area contributed by atoms with Gasteiger partial charge in [-0.2, -0.15) is 0 Å². The third-order valence-corrected chi connectivity index (χ3v) is 6.56. The molecule has 9 heteroatoms. The van der Waals surface area contributed by atoms with Gasteiger partial charge in [-0.05, 0) is 31.2 Å². The van der Waals surface area contributed by atoms with Crippen molar-refractivity contribution in [2.45, 2.75) is 26.6 Å². The zero-order valence-electron chi connectivity index (χ0n) is 20.2. The quantitative estimate of drug-likeness (QED) is 0.535. The number of aromatic nitrogens is 1. The predicted octanol–water partition coefficient (Wildman–Crippen LogP) is 2.26. The molecule has 3 aliphatic heterocycles. The van der Waals surface area contributed by atoms with E-state index in [9.17, 15) is 0 Å². The highest BCUT2D eigenvalue weighted by molar-refractivity contribution is 6.03. The van der Waals surface area contributed by atoms with Gasteiger partial charge >= 0.3 is 0 Å². The van der Waals surface area contributed by atoms with E-state index in [1.807, 2.05) is 37.3 Å². The van der Waals surface area contributed by atoms with E-state index in [1.165, 1.54) is 0 Å². The summed E-state index contributed by atoms with van der Waals surface area (Å²) in [6.45, 7) is 10.1. The average molecular weight is 464 g/mol. The maximum absolute atomic E-state index is 6.99. The van der Waals surface area contributed by atoms with Crippen molar-refractivity contribution in [2.24, 2.45) is 16.1 Å². The maximum atomic E-state index is 6.99. The highest BCUT2D eigenvalue weighted by Crippen LogP contribution is 2.40. The molecule has 1 atom stereocenters. The highest BCUT2D eigenvalue weighted by Gasteiger charge is 2.45. The highest BCUT2D eigenvalue weighted by atomic mass is 16.5. The second-order valence-electron chi connectivity index (χ2n) is 9.63. The Labute approximate surface area is 200 Å². The lowest BCUT2D eigenvalue weighted by molar-refractivity contribution is 0.122. The van der Waals surface area contributed by atoms with Crippen LogP contribution in [0, 0.1) is 12.3 Å². The van der Waals surface area contributed by atoms with Crippen LogP contribution >= 0.6 is 0 Å². The molecule has 1 aromatic heterocycles. The van der Waals surface area contributed by atoms with Gasteiger partial charge in [-0.3, -0.25) is 10.7 Å². The SMILES string of the molecule is COc1cc(N2CCOCC2)ccc1C1(N)NC2=NCC(C)(C)C2=C(Nc2cccc(C)n2)N1. The molecule has 34 heavy (non-hydrogen) atoms. The second kappa shape index (κ2) is 8.48. The number of aryl methyl sites for hydroxylation is 1. The van der Waals surface area contributed by atoms with Gasteiger partial charge in [0, 0.05) is 41.5 Å². The van der Waals surface area contributed by atoms with E-state index < -0.39 is 5.79 Å². The Morgan fingerprint density at radius 2 is 1.94 bits per heavy atom. The van der Waals surface area contributed by atoms with Crippen LogP contribution in [0.5, 0.6) is 5.75 Å². The van der Waals surface area contributed by atoms with Gasteiger partial charge in [0.15, 0.2) is 5.79 Å². The molecule has 5 N–H and O–H groups in total. The van der Waals surface area contributed by atoms with Crippen LogP contribution in [0.3, 0.4) is 0 Å². The number of amidine groups is 1. The zero-order chi connectivity index (χ0) is 23.9. The number of anilines is 2. The number of morpholine rings is 1. The average Bonchev–Trinajstić information content (AvgIpc) is 3.13. The van der Waals surface area contributed by atoms with Gasteiger partial charge in [0.1, 0.15) is 23.2 Å². The number of hydrogen-bond donors (Lipinski definition) is 4. The number of pyridine rings is 1. The van der Waals surface area contributed by atoms with E-state index in [-0.39, 0.29) is 5.41 Å². The molecule has 180 valence electrons. The minimum absolute atomic E-state index is 0.160. The first-order chi connectivity index (χ1) is 16.3. The number of fused-ring (bicyclic) bond motifs is 1. The van der Waals surface area contributed by atoms with E-state index >= 15 is 0 Å². The molecule has 0 amide bonds. The lowest BCUT2D eigenvalue weighted by atomic mass is 9.84. The third-order valence-electron chi connectivity index (χ3n) is 6.56. The molecule has 1 aromatic carbocycles. The molecule has 1 unspecified atom stereocenters. The molecule has 0 aliphatic carbocycles. The van der Waals surface area contributed by atoms with E-state index in [4.69, 9.17) is 20.2 Å². The van der Waals surface area contributed by atoms with Crippen molar-refractivity contribution in [2.75, 3.05) is 50.2 Å². The van der Waals surface area contributed by atoms with Crippen LogP contribution in [0.4, 0.5) is 11.5 Å². The molecule has 9 nitrogen and oxygen atoms in total. The Kier molecular flexibility index (Phi) is 5.61. The largest absolute Gasteiger partial charge is 0.496 e. The van der Waals surface area contributed by atoms with E-state index in [0.717, 1.165) is 66.3 Å². The summed E-state index contributed by atoms with van der Waals surface area (Å²) in [7, 11) is 1.67. The van der Waals surface area contributed by atoms with Crippen molar-refractivity contribution in [1.82, 2.24) is 15.6 Å². The molecule has 4 heterocycles. The monoisotopic (exact) mass is 463 g/mol. The van der Waals surface area contributed by atoms with Crippen molar-refractivity contribution < 1.29 is 9.47 Å². The van der Waals surface area contributed by atoms with Crippen molar-refractivity contribution >= 4 is 17.3 Å². The van der Waals surface area contributed by atoms with Crippen LogP contribution in [-0.2, 0) is 10.5 Å². The normalized spacial score (nSPS) is 23.6. The van der Waals surface area contributed by atoms with Gasteiger partial charge in [-0.15, -0.1) is 0 Å². The summed E-state index contributed by atoms with van der Waals surface area (Å²) in [5.41, 5.74) is 10.7. The van der Waals surface area contributed by atoms with E-state index in [2.05, 4.69) is 45.7 Å². The third kappa shape index (κ3) is 4.05. The summed E-state index contributed by atoms with van der Waals surface area (Å²) in [4.78, 5) is 11.7. The second-order valence-corrected chi connectivity index (χ2v) is 9.63. The molecule has 2 aromatic rings. The number of methoxy groups -OCH3 is 1. The lowest BCUT2D eigenvalue weighted by Crippen LogP contribution is -2.66. The summed E-state index contributed by atoms with van der Waals surface area (Å²) in [6, 6.07) is 12.0. The lowest BCUT2D eigenvalue weighted by Gasteiger charge is -2.42. The summed E-state index contributed by atoms with van der Waals surface area (Å²) in [5.74, 6) is 1.88. The number of nitrogens with zero attached hydrogens (tertiary/aromatic N) is 3. The minimum Gasteiger partial charge on any atom is -0.496 e. The van der Waals surface area contributed by atoms with Crippen LogP contribution < -0.4 is 31.3 Å². The van der Waals surface area contributed by atoms with Gasteiger partial charge < -0.3 is 30.3 Å². The Hall–Kier alpha value is -3.30. The standard InChI is InChI=1S/C25H33N7O2/c1-16-6-5-7-20(28-16)29-23-21-22(27-15-24(21,2)3)30-25(26,31-23)18-9-8-17(14-19(18)33-4)32-10-12-34-13-11-32/h5-9,14,31H,10-13,15,26H2,1-4H3,(H,27,30)(H,28,29). The maximum Gasteiger partial charge on any atom is 0.195 e. The fourth-order valence-corrected chi connectivity index (χ4v) is 4.78. The minimum atomic E-state index is -1.14. The summed E-state index contributed by atoms with van der Waals surface area (Å²) in [5, 5.41) is 10.4. The van der Waals surface area contributed by atoms with E-state index in [0.29, 0.717) is 12.3 Å². The predicted molar refractivity (Wildman–Crippen MR) is 134 cm³/mol. The molecule has 3 aliphatic rings. The Bertz CT molecular complexity index is 1150. The van der Waals surface area contributed by atoms with Crippen molar-refractivity contribution in [3.05, 3.63) is 59.0 Å². The first kappa shape index (κ1) is 22.5. The smallest absolute Gasteiger partial charge is 0.195 e. The fraction of sp³-hybridized carbons (Fsp3) is 0.440. The molecule has 0 radical (unpaired) electrons. The molecule has 0 spiro atoms. The van der Waals surface area contributed by atoms with Crippen LogP contribution in [0.25, 0.3) is 0 Å². The van der Waals surface area contributed by atoms with Gasteiger partial charge in [0.2, 0.25) is 0 Å². The Morgan fingerprint density at radius 1 is 1.15 bits per heavy atom. The number of aliphatic imine (C=N–C) groups is 1. The number of hydrogen-bond acceptors (Lipinski definition) is 9. The molecule has 1 fully saturated rings. The summed E-state index contributed by atoms with van der Waals surface area (Å²) in [6.07, 6.45) is 0. The molecular formula is C25H33N7O2. The van der Waals surface area contributed by atoms with Crippen LogP contribution in [0.15, 0.2) is 52.8 Å². The molecular weight excluding hydrogens is 430 g/mol. The van der Waals surface area contributed by atoms with Crippen LogP contribution in [0.1, 0.15) is 25.1 Å². The first-order valence-corrected chi connectivity index (χ1v) is 11.7. The first-order valence-electron chi connectivity index (χ1n) is 11.7. The van der Waals surface area contributed by atoms with Crippen molar-refractivity contribution in [3.8, 4) is 5.75 Å². The van der Waals surface area contributed by atoms with Crippen molar-refractivity contribution in [1.29, 1.82) is 0 Å². The summed E-state index contributed by atoms with van der Waals surface area (Å²) < 4.78 is 11.3. The number of rotatable bonds is 5. The van der Waals surface area contributed by atoms with Gasteiger partial charge in [0.05, 0.1) is 32.4 Å². The van der Waals surface area contributed by atoms with Crippen LogP contribution in [0.2, 0.25) is 0 Å². The zero-order valence-corrected chi connectivity index (χ0v) is 20.2. The number of benzene rings is 1. The van der Waals surface area contributed by atoms with Gasteiger partial charge in [0.25, 0.3) is 0 Å². The fourth-order valence-electron chi connectivity index (χ4n) is 4.78. The number of nitrogens with one attached hydrogen (secondary N) is 3. The van der Waals surface area contributed by atoms with Crippen molar-refractivity contribution in [3.63, 3.8) is 0 Å². The van der Waals surface area contributed by atoms with Gasteiger partial charge in [-0.25, -0.2) is 4.98 Å². The Balaban J connectivity index is 1.53. The molecule has 0 bridgehead atoms. The Morgan fingerprint density at radius 3 is 2.68 bits per heavy atom. The number of nitrogens with two attached hydrogens (primary N) is 1. The number of ether oxygens (including phenoxy) is 2. The summed E-state index contributed by atoms with van der Waals surface area (Å²) >= 11 is 0. The topological polar surface area (TPSA) is 109 Å².